The van der Waals surface area contributed by atoms with Crippen molar-refractivity contribution in [2.45, 2.75) is 79.5 Å². The molecule has 0 saturated carbocycles. The fourth-order valence-electron chi connectivity index (χ4n) is 9.67. The van der Waals surface area contributed by atoms with Gasteiger partial charge in [0.2, 0.25) is 0 Å². The summed E-state index contributed by atoms with van der Waals surface area (Å²) in [5.74, 6) is 1.74. The van der Waals surface area contributed by atoms with Crippen molar-refractivity contribution < 1.29 is 18.9 Å². The zero-order chi connectivity index (χ0) is 56.1. The molecular formula is C67H62N4O. The molecule has 0 spiro atoms. The van der Waals surface area contributed by atoms with Crippen molar-refractivity contribution in [1.82, 2.24) is 14.1 Å². The Kier molecular flexibility index (Phi) is 9.67. The zero-order valence-electron chi connectivity index (χ0n) is 49.4. The highest BCUT2D eigenvalue weighted by atomic mass is 16.5. The molecule has 0 atom stereocenters. The number of nitrogens with zero attached hydrogens (tertiary/aromatic N) is 4. The third-order valence-electron chi connectivity index (χ3n) is 13.2. The lowest BCUT2D eigenvalue weighted by molar-refractivity contribution is -0.571. The van der Waals surface area contributed by atoms with Crippen LogP contribution in [0.15, 0.2) is 200 Å². The summed E-state index contributed by atoms with van der Waals surface area (Å²) < 4.78 is 75.7. The molecule has 0 aliphatic rings. The maximum absolute atomic E-state index is 9.25. The molecule has 72 heavy (non-hydrogen) atoms. The minimum absolute atomic E-state index is 0.0981. The normalized spacial score (nSPS) is 13.9. The van der Waals surface area contributed by atoms with Crippen LogP contribution in [0, 0.1) is 11.7 Å². The number of rotatable bonds is 9. The number of hydrogen-bond acceptors (Lipinski definition) is 2. The maximum Gasteiger partial charge on any atom is 0.269 e. The molecule has 0 unspecified atom stereocenters. The molecule has 0 fully saturated rings. The summed E-state index contributed by atoms with van der Waals surface area (Å²) in [6, 6.07) is 52.8. The summed E-state index contributed by atoms with van der Waals surface area (Å²) >= 11 is 0. The standard InChI is InChI=1S/C67H62N4O/c1-65(2,3)43-45-34-35-68-63(36-45)71-59-33-30-48(46-20-12-10-13-21-46)39-58(59)57-32-31-54(42-62(57)71)72-53-25-18-24-52(41-53)69-44-70(61-29-17-16-28-60(61)69)64-55(47-22-14-11-15-23-47)26-19-27-56(64)49-37-50(66(4,5)6)40-51(38-49)67(7,8)9/h10-42H,43H2,1-9H3/i11D,14D,15D,22D,23D,43D2. The predicted octanol–water partition coefficient (Wildman–Crippen LogP) is 17.2. The number of pyridine rings is 1. The minimum atomic E-state index is -1.64. The summed E-state index contributed by atoms with van der Waals surface area (Å²) in [7, 11) is 0. The fourth-order valence-corrected chi connectivity index (χ4v) is 9.67. The van der Waals surface area contributed by atoms with Crippen LogP contribution in [0.25, 0.3) is 83.4 Å². The van der Waals surface area contributed by atoms with Crippen LogP contribution in [-0.4, -0.2) is 14.1 Å². The molecule has 0 aliphatic carbocycles. The molecule has 3 heterocycles. The number of imidazole rings is 1. The van der Waals surface area contributed by atoms with Crippen LogP contribution in [0.5, 0.6) is 11.5 Å². The van der Waals surface area contributed by atoms with Crippen LogP contribution >= 0.6 is 0 Å². The average molecular weight is 946 g/mol. The van der Waals surface area contributed by atoms with Crippen LogP contribution in [0.3, 0.4) is 0 Å². The number of aromatic nitrogens is 4. The molecule has 8 aromatic carbocycles. The van der Waals surface area contributed by atoms with Gasteiger partial charge in [0.1, 0.15) is 17.3 Å². The minimum Gasteiger partial charge on any atom is -0.458 e. The molecule has 0 aliphatic heterocycles. The fraction of sp³-hybridized carbons (Fsp3) is 0.194. The van der Waals surface area contributed by atoms with Crippen molar-refractivity contribution >= 4 is 32.8 Å². The number of fused-ring (bicyclic) bond motifs is 4. The Hall–Kier alpha value is -8.02. The lowest BCUT2D eigenvalue weighted by Gasteiger charge is -2.27. The van der Waals surface area contributed by atoms with Gasteiger partial charge in [-0.3, -0.25) is 13.7 Å². The third kappa shape index (κ3) is 9.01. The van der Waals surface area contributed by atoms with Gasteiger partial charge in [-0.15, -0.1) is 0 Å². The van der Waals surface area contributed by atoms with Gasteiger partial charge in [0.25, 0.3) is 6.33 Å². The largest absolute Gasteiger partial charge is 0.458 e. The molecule has 0 bridgehead atoms. The van der Waals surface area contributed by atoms with Crippen molar-refractivity contribution in [1.29, 1.82) is 0 Å². The average Bonchev–Trinajstić information content (AvgIpc) is 4.00. The molecule has 11 rings (SSSR count). The van der Waals surface area contributed by atoms with Gasteiger partial charge in [-0.05, 0) is 127 Å². The van der Waals surface area contributed by atoms with E-state index in [2.05, 4.69) is 107 Å². The zero-order valence-corrected chi connectivity index (χ0v) is 42.4. The molecule has 0 N–H and O–H groups in total. The molecule has 5 nitrogen and oxygen atoms in total. The van der Waals surface area contributed by atoms with E-state index in [1.165, 1.54) is 0 Å². The van der Waals surface area contributed by atoms with E-state index in [9.17, 15) is 2.74 Å². The van der Waals surface area contributed by atoms with E-state index < -0.39 is 29.9 Å². The number of ether oxygens (including phenoxy) is 1. The van der Waals surface area contributed by atoms with Crippen LogP contribution < -0.4 is 9.30 Å². The van der Waals surface area contributed by atoms with Crippen molar-refractivity contribution in [2.75, 3.05) is 0 Å². The van der Waals surface area contributed by atoms with Gasteiger partial charge in [0.15, 0.2) is 0 Å². The van der Waals surface area contributed by atoms with Crippen LogP contribution in [0.4, 0.5) is 0 Å². The summed E-state index contributed by atoms with van der Waals surface area (Å²) in [5.41, 5.74) is 10.9. The Labute approximate surface area is 434 Å². The first-order valence-corrected chi connectivity index (χ1v) is 24.6. The molecule has 356 valence electrons. The highest BCUT2D eigenvalue weighted by Gasteiger charge is 2.25. The number of para-hydroxylation sites is 3. The Balaban J connectivity index is 1.07. The summed E-state index contributed by atoms with van der Waals surface area (Å²) in [5, 5.41) is 2.01. The van der Waals surface area contributed by atoms with E-state index in [-0.39, 0.29) is 28.5 Å². The molecule has 3 aromatic heterocycles. The second-order valence-electron chi connectivity index (χ2n) is 21.7. The van der Waals surface area contributed by atoms with Crippen molar-refractivity contribution in [3.8, 4) is 62.1 Å². The Morgan fingerprint density at radius 2 is 1.25 bits per heavy atom. The molecule has 5 heteroatoms. The van der Waals surface area contributed by atoms with Gasteiger partial charge < -0.3 is 4.74 Å². The van der Waals surface area contributed by atoms with E-state index in [0.717, 1.165) is 71.9 Å². The van der Waals surface area contributed by atoms with Crippen LogP contribution in [0.1, 0.15) is 88.6 Å². The highest BCUT2D eigenvalue weighted by molar-refractivity contribution is 6.10. The molecule has 0 radical (unpaired) electrons. The van der Waals surface area contributed by atoms with Gasteiger partial charge in [0.05, 0.1) is 40.3 Å². The van der Waals surface area contributed by atoms with Crippen molar-refractivity contribution in [3.63, 3.8) is 0 Å². The monoisotopic (exact) mass is 946 g/mol. The van der Waals surface area contributed by atoms with E-state index in [4.69, 9.17) is 16.6 Å². The second kappa shape index (κ2) is 18.0. The van der Waals surface area contributed by atoms with Gasteiger partial charge in [-0.25, -0.2) is 4.98 Å². The van der Waals surface area contributed by atoms with Gasteiger partial charge >= 0.3 is 0 Å². The van der Waals surface area contributed by atoms with Crippen molar-refractivity contribution in [3.05, 3.63) is 223 Å². The predicted molar refractivity (Wildman–Crippen MR) is 299 cm³/mol. The van der Waals surface area contributed by atoms with E-state index >= 15 is 0 Å². The van der Waals surface area contributed by atoms with E-state index in [1.54, 1.807) is 12.3 Å². The van der Waals surface area contributed by atoms with Crippen LogP contribution in [-0.2, 0) is 17.2 Å². The SMILES string of the molecule is [2H]c1c([2H])c([2H])c(-c2cccc(-c3cc(C(C)(C)C)cc(C(C)(C)C)c3)c2-[n+]2[c-]n(-c3cccc(Oc4ccc5c6cc(-c7ccccc7)ccc6n(-c6cc(C([2H])([2H])C(C)(C)C)ccn6)c5c4)c3)c3ccccc32)c([2H])c1[2H]. The van der Waals surface area contributed by atoms with Gasteiger partial charge in [0, 0.05) is 25.8 Å². The van der Waals surface area contributed by atoms with Gasteiger partial charge in [-0.1, -0.05) is 196 Å². The third-order valence-corrected chi connectivity index (χ3v) is 13.2. The van der Waals surface area contributed by atoms with Crippen LogP contribution in [0.2, 0.25) is 0 Å². The maximum atomic E-state index is 9.25. The Bertz CT molecular complexity index is 4150. The summed E-state index contributed by atoms with van der Waals surface area (Å²) in [6.45, 7) is 18.9. The number of benzene rings is 8. The van der Waals surface area contributed by atoms with Crippen molar-refractivity contribution in [2.24, 2.45) is 5.41 Å². The Morgan fingerprint density at radius 3 is 1.99 bits per heavy atom. The summed E-state index contributed by atoms with van der Waals surface area (Å²) in [6.07, 6.45) is 3.74. The highest BCUT2D eigenvalue weighted by Crippen LogP contribution is 2.41. The molecular weight excluding hydrogens is 877 g/mol. The first-order valence-electron chi connectivity index (χ1n) is 28.1. The van der Waals surface area contributed by atoms with Gasteiger partial charge in [-0.2, -0.15) is 0 Å². The second-order valence-corrected chi connectivity index (χ2v) is 21.7. The topological polar surface area (TPSA) is 35.9 Å². The molecule has 0 saturated heterocycles. The first kappa shape index (κ1) is 38.7. The lowest BCUT2D eigenvalue weighted by atomic mass is 9.78. The smallest absolute Gasteiger partial charge is 0.269 e. The molecule has 11 aromatic rings. The number of hydrogen-bond donors (Lipinski definition) is 0. The molecule has 0 amide bonds. The van der Waals surface area contributed by atoms with E-state index in [0.29, 0.717) is 34.1 Å². The first-order chi connectivity index (χ1) is 37.4. The van der Waals surface area contributed by atoms with E-state index in [1.807, 2.05) is 133 Å². The Morgan fingerprint density at radius 1 is 0.556 bits per heavy atom. The summed E-state index contributed by atoms with van der Waals surface area (Å²) in [4.78, 5) is 4.86. The lowest BCUT2D eigenvalue weighted by Crippen LogP contribution is -2.31. The quantitative estimate of drug-likeness (QED) is 0.107.